The van der Waals surface area contributed by atoms with Crippen molar-refractivity contribution in [3.8, 4) is 6.07 Å². The van der Waals surface area contributed by atoms with Crippen LogP contribution in [0, 0.1) is 11.3 Å². The summed E-state index contributed by atoms with van der Waals surface area (Å²) in [5.41, 5.74) is 0.877. The molecular formula is C9H11N3. The molecule has 0 atom stereocenters. The van der Waals surface area contributed by atoms with E-state index < -0.39 is 0 Å². The molecule has 0 fully saturated rings. The van der Waals surface area contributed by atoms with Crippen LogP contribution in [0.2, 0.25) is 0 Å². The van der Waals surface area contributed by atoms with E-state index in [-0.39, 0.29) is 0 Å². The van der Waals surface area contributed by atoms with Gasteiger partial charge in [0.1, 0.15) is 5.82 Å². The van der Waals surface area contributed by atoms with Crippen molar-refractivity contribution < 1.29 is 0 Å². The number of hydrogen-bond acceptors (Lipinski definition) is 3. The normalized spacial score (nSPS) is 9.83. The van der Waals surface area contributed by atoms with Crippen LogP contribution in [0.1, 0.15) is 31.2 Å². The van der Waals surface area contributed by atoms with Crippen LogP contribution in [0.15, 0.2) is 12.4 Å². The average molecular weight is 161 g/mol. The van der Waals surface area contributed by atoms with Gasteiger partial charge in [-0.05, 0) is 0 Å². The molecule has 3 nitrogen and oxygen atoms in total. The van der Waals surface area contributed by atoms with E-state index in [1.807, 2.05) is 13.8 Å². The molecule has 1 heterocycles. The fourth-order valence-corrected chi connectivity index (χ4v) is 0.845. The van der Waals surface area contributed by atoms with Gasteiger partial charge in [-0.15, -0.1) is 0 Å². The Balaban J connectivity index is 2.80. The lowest BCUT2D eigenvalue weighted by Gasteiger charge is -2.01. The largest absolute Gasteiger partial charge is 0.241 e. The number of hydrogen-bond donors (Lipinski definition) is 0. The molecule has 1 aromatic heterocycles. The second-order valence-corrected chi connectivity index (χ2v) is 2.94. The lowest BCUT2D eigenvalue weighted by molar-refractivity contribution is 0.769. The van der Waals surface area contributed by atoms with Crippen molar-refractivity contribution >= 4 is 0 Å². The van der Waals surface area contributed by atoms with Crippen molar-refractivity contribution in [1.82, 2.24) is 9.97 Å². The highest BCUT2D eigenvalue weighted by atomic mass is 14.9. The van der Waals surface area contributed by atoms with Crippen LogP contribution < -0.4 is 0 Å². The summed E-state index contributed by atoms with van der Waals surface area (Å²) >= 11 is 0. The molecule has 0 saturated heterocycles. The van der Waals surface area contributed by atoms with Crippen molar-refractivity contribution in [1.29, 1.82) is 5.26 Å². The summed E-state index contributed by atoms with van der Waals surface area (Å²) in [6.07, 6.45) is 3.81. The lowest BCUT2D eigenvalue weighted by Crippen LogP contribution is -1.97. The standard InChI is InChI=1S/C9H11N3/c1-7(2)9-11-5-8(3-4-10)6-12-9/h5-7H,3H2,1-2H3. The Kier molecular flexibility index (Phi) is 2.76. The maximum atomic E-state index is 8.39. The third kappa shape index (κ3) is 2.03. The van der Waals surface area contributed by atoms with Crippen molar-refractivity contribution in [2.45, 2.75) is 26.2 Å². The molecule has 3 heteroatoms. The smallest absolute Gasteiger partial charge is 0.130 e. The first-order chi connectivity index (χ1) is 5.74. The molecule has 1 aromatic rings. The zero-order valence-corrected chi connectivity index (χ0v) is 7.28. The molecule has 0 aliphatic rings. The van der Waals surface area contributed by atoms with Gasteiger partial charge in [-0.25, -0.2) is 9.97 Å². The zero-order chi connectivity index (χ0) is 8.97. The maximum absolute atomic E-state index is 8.39. The fraction of sp³-hybridized carbons (Fsp3) is 0.444. The van der Waals surface area contributed by atoms with Gasteiger partial charge in [-0.3, -0.25) is 0 Å². The Morgan fingerprint density at radius 3 is 2.42 bits per heavy atom. The monoisotopic (exact) mass is 161 g/mol. The van der Waals surface area contributed by atoms with Crippen molar-refractivity contribution in [3.63, 3.8) is 0 Å². The molecule has 0 N–H and O–H groups in total. The minimum atomic E-state index is 0.348. The van der Waals surface area contributed by atoms with Crippen molar-refractivity contribution in [2.75, 3.05) is 0 Å². The minimum Gasteiger partial charge on any atom is -0.241 e. The Hall–Kier alpha value is -1.43. The first-order valence-corrected chi connectivity index (χ1v) is 3.92. The Morgan fingerprint density at radius 1 is 1.42 bits per heavy atom. The summed E-state index contributed by atoms with van der Waals surface area (Å²) in [6, 6.07) is 2.05. The first kappa shape index (κ1) is 8.66. The van der Waals surface area contributed by atoms with Crippen LogP contribution in [-0.2, 0) is 6.42 Å². The van der Waals surface area contributed by atoms with Crippen molar-refractivity contribution in [2.24, 2.45) is 0 Å². The van der Waals surface area contributed by atoms with E-state index in [1.165, 1.54) is 0 Å². The lowest BCUT2D eigenvalue weighted by atomic mass is 10.2. The molecule has 0 spiro atoms. The Bertz CT molecular complexity index is 282. The Morgan fingerprint density at radius 2 is 2.00 bits per heavy atom. The molecule has 0 radical (unpaired) electrons. The predicted molar refractivity (Wildman–Crippen MR) is 45.4 cm³/mol. The first-order valence-electron chi connectivity index (χ1n) is 3.92. The van der Waals surface area contributed by atoms with Crippen LogP contribution in [-0.4, -0.2) is 9.97 Å². The molecular weight excluding hydrogens is 150 g/mol. The van der Waals surface area contributed by atoms with Crippen LogP contribution in [0.3, 0.4) is 0 Å². The molecule has 12 heavy (non-hydrogen) atoms. The van der Waals surface area contributed by atoms with Crippen LogP contribution in [0.5, 0.6) is 0 Å². The third-order valence-electron chi connectivity index (χ3n) is 1.52. The second-order valence-electron chi connectivity index (χ2n) is 2.94. The van der Waals surface area contributed by atoms with Gasteiger partial charge in [-0.1, -0.05) is 13.8 Å². The van der Waals surface area contributed by atoms with Gasteiger partial charge in [0.05, 0.1) is 12.5 Å². The highest BCUT2D eigenvalue weighted by Gasteiger charge is 2.01. The van der Waals surface area contributed by atoms with E-state index >= 15 is 0 Å². The highest BCUT2D eigenvalue weighted by Crippen LogP contribution is 2.07. The van der Waals surface area contributed by atoms with Crippen LogP contribution in [0.25, 0.3) is 0 Å². The van der Waals surface area contributed by atoms with Gasteiger partial charge < -0.3 is 0 Å². The molecule has 0 unspecified atom stereocenters. The SMILES string of the molecule is CC(C)c1ncc(CC#N)cn1. The summed E-state index contributed by atoms with van der Waals surface area (Å²) in [4.78, 5) is 8.27. The summed E-state index contributed by atoms with van der Waals surface area (Å²) in [5.74, 6) is 1.18. The van der Waals surface area contributed by atoms with Crippen LogP contribution >= 0.6 is 0 Å². The van der Waals surface area contributed by atoms with Gasteiger partial charge in [0.15, 0.2) is 0 Å². The summed E-state index contributed by atoms with van der Waals surface area (Å²) in [5, 5.41) is 8.39. The maximum Gasteiger partial charge on any atom is 0.130 e. The van der Waals surface area contributed by atoms with E-state index in [0.29, 0.717) is 12.3 Å². The molecule has 0 amide bonds. The van der Waals surface area contributed by atoms with Crippen LogP contribution in [0.4, 0.5) is 0 Å². The predicted octanol–water partition coefficient (Wildman–Crippen LogP) is 1.67. The molecule has 0 bridgehead atoms. The number of nitrogens with zero attached hydrogens (tertiary/aromatic N) is 3. The van der Waals surface area contributed by atoms with E-state index in [9.17, 15) is 0 Å². The number of aromatic nitrogens is 2. The number of rotatable bonds is 2. The highest BCUT2D eigenvalue weighted by molar-refractivity contribution is 5.10. The van der Waals surface area contributed by atoms with Crippen molar-refractivity contribution in [3.05, 3.63) is 23.8 Å². The molecule has 62 valence electrons. The van der Waals surface area contributed by atoms with E-state index in [0.717, 1.165) is 11.4 Å². The third-order valence-corrected chi connectivity index (χ3v) is 1.52. The molecule has 0 aliphatic heterocycles. The second kappa shape index (κ2) is 3.82. The summed E-state index contributed by atoms with van der Waals surface area (Å²) in [7, 11) is 0. The van der Waals surface area contributed by atoms with Gasteiger partial charge in [0.2, 0.25) is 0 Å². The van der Waals surface area contributed by atoms with E-state index in [1.54, 1.807) is 12.4 Å². The summed E-state index contributed by atoms with van der Waals surface area (Å²) < 4.78 is 0. The van der Waals surface area contributed by atoms with Gasteiger partial charge >= 0.3 is 0 Å². The molecule has 0 aromatic carbocycles. The fourth-order valence-electron chi connectivity index (χ4n) is 0.845. The van der Waals surface area contributed by atoms with E-state index in [2.05, 4.69) is 16.0 Å². The molecule has 1 rings (SSSR count). The Labute approximate surface area is 72.1 Å². The van der Waals surface area contributed by atoms with Gasteiger partial charge in [0.25, 0.3) is 0 Å². The quantitative estimate of drug-likeness (QED) is 0.662. The van der Waals surface area contributed by atoms with Gasteiger partial charge in [0, 0.05) is 23.9 Å². The topological polar surface area (TPSA) is 49.6 Å². The molecule has 0 saturated carbocycles. The minimum absolute atomic E-state index is 0.348. The zero-order valence-electron chi connectivity index (χ0n) is 7.28. The average Bonchev–Trinajstić information content (AvgIpc) is 2.06. The van der Waals surface area contributed by atoms with Gasteiger partial charge in [-0.2, -0.15) is 5.26 Å². The summed E-state index contributed by atoms with van der Waals surface area (Å²) in [6.45, 7) is 4.08. The molecule has 0 aliphatic carbocycles. The number of nitriles is 1. The van der Waals surface area contributed by atoms with E-state index in [4.69, 9.17) is 5.26 Å².